The molecule has 106 valence electrons. The highest BCUT2D eigenvalue weighted by atomic mass is 79.9. The summed E-state index contributed by atoms with van der Waals surface area (Å²) >= 11 is 9.26. The molecule has 0 radical (unpaired) electrons. The molecule has 0 saturated heterocycles. The molecule has 0 aromatic heterocycles. The third kappa shape index (κ3) is 3.57. The molecule has 0 heterocycles. The molecule has 0 spiro atoms. The number of halogens is 4. The Balaban J connectivity index is 2.31. The van der Waals surface area contributed by atoms with Crippen molar-refractivity contribution in [2.45, 2.75) is 12.5 Å². The van der Waals surface area contributed by atoms with Gasteiger partial charge in [0.25, 0.3) is 0 Å². The van der Waals surface area contributed by atoms with Gasteiger partial charge in [0, 0.05) is 10.5 Å². The van der Waals surface area contributed by atoms with Crippen LogP contribution < -0.4 is 5.32 Å². The van der Waals surface area contributed by atoms with E-state index in [0.29, 0.717) is 16.5 Å². The van der Waals surface area contributed by atoms with E-state index in [0.717, 1.165) is 5.56 Å². The Kier molecular flexibility index (Phi) is 5.13. The molecule has 0 aliphatic rings. The first-order chi connectivity index (χ1) is 9.51. The van der Waals surface area contributed by atoms with E-state index in [-0.39, 0.29) is 16.9 Å². The van der Waals surface area contributed by atoms with Crippen molar-refractivity contribution in [2.24, 2.45) is 0 Å². The van der Waals surface area contributed by atoms with Gasteiger partial charge in [0.2, 0.25) is 0 Å². The molecule has 2 aromatic rings. The summed E-state index contributed by atoms with van der Waals surface area (Å²) < 4.78 is 27.6. The first kappa shape index (κ1) is 15.4. The van der Waals surface area contributed by atoms with E-state index in [1.54, 1.807) is 19.2 Å². The lowest BCUT2D eigenvalue weighted by Gasteiger charge is -2.18. The fourth-order valence-electron chi connectivity index (χ4n) is 2.12. The lowest BCUT2D eigenvalue weighted by molar-refractivity contribution is 0.573. The average molecular weight is 361 g/mol. The van der Waals surface area contributed by atoms with Crippen molar-refractivity contribution in [1.29, 1.82) is 0 Å². The highest BCUT2D eigenvalue weighted by Gasteiger charge is 2.16. The van der Waals surface area contributed by atoms with Gasteiger partial charge >= 0.3 is 0 Å². The van der Waals surface area contributed by atoms with Crippen molar-refractivity contribution >= 4 is 27.5 Å². The van der Waals surface area contributed by atoms with Crippen LogP contribution in [0.25, 0.3) is 0 Å². The zero-order chi connectivity index (χ0) is 14.7. The Labute approximate surface area is 130 Å². The maximum absolute atomic E-state index is 13.5. The Bertz CT molecular complexity index is 599. The Morgan fingerprint density at radius 3 is 2.65 bits per heavy atom. The molecule has 0 saturated carbocycles. The van der Waals surface area contributed by atoms with E-state index in [4.69, 9.17) is 11.6 Å². The zero-order valence-electron chi connectivity index (χ0n) is 10.8. The van der Waals surface area contributed by atoms with Crippen LogP contribution in [0.3, 0.4) is 0 Å². The van der Waals surface area contributed by atoms with Crippen LogP contribution >= 0.6 is 27.5 Å². The van der Waals surface area contributed by atoms with Crippen LogP contribution in [0.15, 0.2) is 40.9 Å². The van der Waals surface area contributed by atoms with Crippen molar-refractivity contribution in [2.75, 3.05) is 7.05 Å². The van der Waals surface area contributed by atoms with Gasteiger partial charge in [-0.05, 0) is 48.9 Å². The van der Waals surface area contributed by atoms with Crippen molar-refractivity contribution < 1.29 is 8.78 Å². The molecule has 0 fully saturated rings. The molecule has 20 heavy (non-hydrogen) atoms. The van der Waals surface area contributed by atoms with Crippen LogP contribution in [0, 0.1) is 11.6 Å². The van der Waals surface area contributed by atoms with E-state index in [1.165, 1.54) is 18.2 Å². The first-order valence-corrected chi connectivity index (χ1v) is 7.24. The SMILES string of the molecule is CNC(Cc1cc(F)cc(Br)c1)c1cccc(F)c1Cl. The molecule has 1 N–H and O–H groups in total. The predicted molar refractivity (Wildman–Crippen MR) is 81.0 cm³/mol. The minimum Gasteiger partial charge on any atom is -0.313 e. The summed E-state index contributed by atoms with van der Waals surface area (Å²) in [5.74, 6) is -0.764. The van der Waals surface area contributed by atoms with Crippen molar-refractivity contribution in [3.05, 3.63) is 68.7 Å². The molecule has 0 aliphatic carbocycles. The summed E-state index contributed by atoms with van der Waals surface area (Å²) in [5, 5.41) is 3.18. The van der Waals surface area contributed by atoms with Gasteiger partial charge in [-0.2, -0.15) is 0 Å². The largest absolute Gasteiger partial charge is 0.313 e. The van der Waals surface area contributed by atoms with Gasteiger partial charge in [-0.15, -0.1) is 0 Å². The van der Waals surface area contributed by atoms with E-state index in [2.05, 4.69) is 21.2 Å². The van der Waals surface area contributed by atoms with Crippen LogP contribution in [0.2, 0.25) is 5.02 Å². The molecular weight excluding hydrogens is 348 g/mol. The molecule has 5 heteroatoms. The smallest absolute Gasteiger partial charge is 0.142 e. The maximum Gasteiger partial charge on any atom is 0.142 e. The molecular formula is C15H13BrClF2N. The summed E-state index contributed by atoms with van der Waals surface area (Å²) in [5.41, 5.74) is 1.46. The minimum atomic E-state index is -0.454. The van der Waals surface area contributed by atoms with E-state index in [9.17, 15) is 8.78 Å². The molecule has 1 unspecified atom stereocenters. The quantitative estimate of drug-likeness (QED) is 0.819. The lowest BCUT2D eigenvalue weighted by Crippen LogP contribution is -2.19. The number of likely N-dealkylation sites (N-methyl/N-ethyl adjacent to an activating group) is 1. The van der Waals surface area contributed by atoms with Crippen LogP contribution in [-0.4, -0.2) is 7.05 Å². The first-order valence-electron chi connectivity index (χ1n) is 6.07. The van der Waals surface area contributed by atoms with Crippen LogP contribution in [-0.2, 0) is 6.42 Å². The van der Waals surface area contributed by atoms with E-state index in [1.807, 2.05) is 6.07 Å². The fourth-order valence-corrected chi connectivity index (χ4v) is 2.89. The summed E-state index contributed by atoms with van der Waals surface area (Å²) in [7, 11) is 1.76. The Morgan fingerprint density at radius 1 is 1.25 bits per heavy atom. The molecule has 0 amide bonds. The lowest BCUT2D eigenvalue weighted by atomic mass is 9.99. The summed E-state index contributed by atoms with van der Waals surface area (Å²) in [4.78, 5) is 0. The summed E-state index contributed by atoms with van der Waals surface area (Å²) in [6, 6.07) is 9.20. The topological polar surface area (TPSA) is 12.0 Å². The van der Waals surface area contributed by atoms with Crippen LogP contribution in [0.4, 0.5) is 8.78 Å². The third-order valence-corrected chi connectivity index (χ3v) is 3.92. The van der Waals surface area contributed by atoms with E-state index >= 15 is 0 Å². The van der Waals surface area contributed by atoms with Crippen LogP contribution in [0.5, 0.6) is 0 Å². The van der Waals surface area contributed by atoms with Gasteiger partial charge < -0.3 is 5.32 Å². The van der Waals surface area contributed by atoms with Crippen molar-refractivity contribution in [3.8, 4) is 0 Å². The Morgan fingerprint density at radius 2 is 2.00 bits per heavy atom. The molecule has 2 aromatic carbocycles. The van der Waals surface area contributed by atoms with Crippen LogP contribution in [0.1, 0.15) is 17.2 Å². The standard InChI is InChI=1S/C15H13BrClF2N/c1-20-14(12-3-2-4-13(19)15(12)17)7-9-5-10(16)8-11(18)6-9/h2-6,8,14,20H,7H2,1H3. The fraction of sp³-hybridized carbons (Fsp3) is 0.200. The predicted octanol–water partition coefficient (Wildman–Crippen LogP) is 4.88. The second-order valence-corrected chi connectivity index (χ2v) is 5.76. The van der Waals surface area contributed by atoms with Crippen molar-refractivity contribution in [1.82, 2.24) is 5.32 Å². The molecule has 1 nitrogen and oxygen atoms in total. The molecule has 0 bridgehead atoms. The minimum absolute atomic E-state index is 0.0994. The number of hydrogen-bond acceptors (Lipinski definition) is 1. The van der Waals surface area contributed by atoms with E-state index < -0.39 is 5.82 Å². The number of rotatable bonds is 4. The van der Waals surface area contributed by atoms with Crippen molar-refractivity contribution in [3.63, 3.8) is 0 Å². The summed E-state index contributed by atoms with van der Waals surface area (Å²) in [6.45, 7) is 0. The molecule has 1 atom stereocenters. The van der Waals surface area contributed by atoms with Gasteiger partial charge in [0.15, 0.2) is 0 Å². The molecule has 2 rings (SSSR count). The van der Waals surface area contributed by atoms with Gasteiger partial charge in [-0.1, -0.05) is 39.7 Å². The van der Waals surface area contributed by atoms with Gasteiger partial charge in [-0.3, -0.25) is 0 Å². The average Bonchev–Trinajstić information content (AvgIpc) is 2.38. The number of nitrogens with one attached hydrogen (secondary N) is 1. The highest BCUT2D eigenvalue weighted by molar-refractivity contribution is 9.10. The molecule has 0 aliphatic heterocycles. The Hall–Kier alpha value is -0.970. The monoisotopic (exact) mass is 359 g/mol. The highest BCUT2D eigenvalue weighted by Crippen LogP contribution is 2.28. The second kappa shape index (κ2) is 6.66. The zero-order valence-corrected chi connectivity index (χ0v) is 13.1. The van der Waals surface area contributed by atoms with Gasteiger partial charge in [0.05, 0.1) is 5.02 Å². The maximum atomic E-state index is 13.5. The normalized spacial score (nSPS) is 12.4. The second-order valence-electron chi connectivity index (χ2n) is 4.47. The van der Waals surface area contributed by atoms with Gasteiger partial charge in [0.1, 0.15) is 11.6 Å². The number of benzene rings is 2. The summed E-state index contributed by atoms with van der Waals surface area (Å²) in [6.07, 6.45) is 0.510. The third-order valence-electron chi connectivity index (χ3n) is 3.07. The van der Waals surface area contributed by atoms with Gasteiger partial charge in [-0.25, -0.2) is 8.78 Å². The number of hydrogen-bond donors (Lipinski definition) is 1.